The number of hydrogen-bond donors (Lipinski definition) is 1. The number of benzene rings is 2. The van der Waals surface area contributed by atoms with Gasteiger partial charge in [0.25, 0.3) is 0 Å². The molecular formula is C14H10ClNO. The van der Waals surface area contributed by atoms with Gasteiger partial charge < -0.3 is 5.11 Å². The van der Waals surface area contributed by atoms with Crippen LogP contribution in [0.5, 0.6) is 5.75 Å². The molecular weight excluding hydrogens is 234 g/mol. The van der Waals surface area contributed by atoms with E-state index in [4.69, 9.17) is 16.9 Å². The van der Waals surface area contributed by atoms with E-state index in [9.17, 15) is 5.11 Å². The Labute approximate surface area is 105 Å². The van der Waals surface area contributed by atoms with E-state index >= 15 is 0 Å². The molecule has 0 fully saturated rings. The lowest BCUT2D eigenvalue weighted by Crippen LogP contribution is -1.86. The summed E-state index contributed by atoms with van der Waals surface area (Å²) in [4.78, 5) is 0. The molecule has 0 spiro atoms. The number of aromatic hydroxyl groups is 1. The zero-order valence-corrected chi connectivity index (χ0v) is 9.99. The first-order valence-electron chi connectivity index (χ1n) is 5.11. The highest BCUT2D eigenvalue weighted by molar-refractivity contribution is 6.31. The van der Waals surface area contributed by atoms with Crippen LogP contribution in [-0.2, 0) is 0 Å². The fourth-order valence-corrected chi connectivity index (χ4v) is 1.93. The molecule has 2 rings (SSSR count). The van der Waals surface area contributed by atoms with Crippen molar-refractivity contribution >= 4 is 11.6 Å². The largest absolute Gasteiger partial charge is 0.508 e. The van der Waals surface area contributed by atoms with E-state index in [0.717, 1.165) is 16.7 Å². The van der Waals surface area contributed by atoms with Crippen LogP contribution >= 0.6 is 11.6 Å². The summed E-state index contributed by atoms with van der Waals surface area (Å²) in [6, 6.07) is 12.4. The number of nitrogens with zero attached hydrogens (tertiary/aromatic N) is 1. The van der Waals surface area contributed by atoms with E-state index in [1.54, 1.807) is 12.1 Å². The second kappa shape index (κ2) is 4.48. The second-order valence-electron chi connectivity index (χ2n) is 3.79. The molecule has 0 aliphatic heterocycles. The molecule has 0 saturated carbocycles. The summed E-state index contributed by atoms with van der Waals surface area (Å²) in [5, 5.41) is 19.1. The van der Waals surface area contributed by atoms with Gasteiger partial charge in [0.05, 0.1) is 11.6 Å². The van der Waals surface area contributed by atoms with Gasteiger partial charge in [-0.15, -0.1) is 0 Å². The van der Waals surface area contributed by atoms with Crippen LogP contribution in [0.3, 0.4) is 0 Å². The smallest absolute Gasteiger partial charge is 0.117 e. The SMILES string of the molecule is Cc1c(Cl)cccc1-c1cc(O)cc(C#N)c1. The van der Waals surface area contributed by atoms with E-state index in [1.807, 2.05) is 31.2 Å². The second-order valence-corrected chi connectivity index (χ2v) is 4.20. The molecule has 0 atom stereocenters. The summed E-state index contributed by atoms with van der Waals surface area (Å²) in [5.74, 6) is 0.0819. The predicted molar refractivity (Wildman–Crippen MR) is 68.0 cm³/mol. The molecule has 0 aliphatic rings. The topological polar surface area (TPSA) is 44.0 Å². The van der Waals surface area contributed by atoms with Crippen molar-refractivity contribution in [2.45, 2.75) is 6.92 Å². The zero-order valence-electron chi connectivity index (χ0n) is 9.24. The molecule has 0 bridgehead atoms. The van der Waals surface area contributed by atoms with Gasteiger partial charge in [-0.05, 0) is 47.9 Å². The minimum absolute atomic E-state index is 0.0819. The Balaban J connectivity index is 2.65. The number of rotatable bonds is 1. The lowest BCUT2D eigenvalue weighted by Gasteiger charge is -2.08. The summed E-state index contributed by atoms with van der Waals surface area (Å²) in [6.45, 7) is 1.91. The van der Waals surface area contributed by atoms with Gasteiger partial charge in [0.1, 0.15) is 5.75 Å². The highest BCUT2D eigenvalue weighted by Crippen LogP contribution is 2.31. The van der Waals surface area contributed by atoms with Crippen LogP contribution in [0.15, 0.2) is 36.4 Å². The maximum absolute atomic E-state index is 9.56. The molecule has 0 saturated heterocycles. The fourth-order valence-electron chi connectivity index (χ4n) is 1.75. The summed E-state index contributed by atoms with van der Waals surface area (Å²) in [7, 11) is 0. The highest BCUT2D eigenvalue weighted by atomic mass is 35.5. The molecule has 0 radical (unpaired) electrons. The number of phenols is 1. The van der Waals surface area contributed by atoms with Crippen molar-refractivity contribution in [1.29, 1.82) is 5.26 Å². The molecule has 3 heteroatoms. The van der Waals surface area contributed by atoms with E-state index < -0.39 is 0 Å². The molecule has 0 amide bonds. The van der Waals surface area contributed by atoms with Crippen LogP contribution in [0.1, 0.15) is 11.1 Å². The molecule has 0 heterocycles. The summed E-state index contributed by atoms with van der Waals surface area (Å²) >= 11 is 6.05. The number of hydrogen-bond acceptors (Lipinski definition) is 2. The Kier molecular flexibility index (Phi) is 3.03. The van der Waals surface area contributed by atoms with Crippen LogP contribution < -0.4 is 0 Å². The molecule has 84 valence electrons. The number of phenolic OH excluding ortho intramolecular Hbond substituents is 1. The third-order valence-electron chi connectivity index (χ3n) is 2.63. The van der Waals surface area contributed by atoms with Gasteiger partial charge in [0.2, 0.25) is 0 Å². The summed E-state index contributed by atoms with van der Waals surface area (Å²) in [5.41, 5.74) is 3.08. The average Bonchev–Trinajstić information content (AvgIpc) is 2.31. The fraction of sp³-hybridized carbons (Fsp3) is 0.0714. The molecule has 2 nitrogen and oxygen atoms in total. The van der Waals surface area contributed by atoms with E-state index in [1.165, 1.54) is 6.07 Å². The lowest BCUT2D eigenvalue weighted by atomic mass is 9.99. The van der Waals surface area contributed by atoms with Crippen molar-refractivity contribution < 1.29 is 5.11 Å². The molecule has 17 heavy (non-hydrogen) atoms. The van der Waals surface area contributed by atoms with E-state index in [0.29, 0.717) is 10.6 Å². The third kappa shape index (κ3) is 2.25. The highest BCUT2D eigenvalue weighted by Gasteiger charge is 2.07. The van der Waals surface area contributed by atoms with Crippen LogP contribution in [-0.4, -0.2) is 5.11 Å². The predicted octanol–water partition coefficient (Wildman–Crippen LogP) is 3.89. The molecule has 2 aromatic rings. The van der Waals surface area contributed by atoms with Crippen LogP contribution in [0, 0.1) is 18.3 Å². The van der Waals surface area contributed by atoms with Gasteiger partial charge in [0, 0.05) is 5.02 Å². The molecule has 2 aromatic carbocycles. The molecule has 0 aliphatic carbocycles. The van der Waals surface area contributed by atoms with Crippen LogP contribution in [0.2, 0.25) is 5.02 Å². The van der Waals surface area contributed by atoms with Crippen molar-refractivity contribution in [1.82, 2.24) is 0 Å². The molecule has 0 unspecified atom stereocenters. The quantitative estimate of drug-likeness (QED) is 0.826. The maximum Gasteiger partial charge on any atom is 0.117 e. The molecule has 1 N–H and O–H groups in total. The third-order valence-corrected chi connectivity index (χ3v) is 3.04. The first-order chi connectivity index (χ1) is 8.11. The van der Waals surface area contributed by atoms with Gasteiger partial charge in [-0.1, -0.05) is 23.7 Å². The standard InChI is InChI=1S/C14H10ClNO/c1-9-13(3-2-4-14(9)15)11-5-10(8-16)6-12(17)7-11/h2-7,17H,1H3. The van der Waals surface area contributed by atoms with Crippen molar-refractivity contribution in [3.8, 4) is 22.9 Å². The van der Waals surface area contributed by atoms with Crippen molar-refractivity contribution in [3.63, 3.8) is 0 Å². The van der Waals surface area contributed by atoms with Crippen molar-refractivity contribution in [2.24, 2.45) is 0 Å². The monoisotopic (exact) mass is 243 g/mol. The van der Waals surface area contributed by atoms with Gasteiger partial charge in [-0.25, -0.2) is 0 Å². The van der Waals surface area contributed by atoms with E-state index in [-0.39, 0.29) is 5.75 Å². The first kappa shape index (κ1) is 11.5. The summed E-state index contributed by atoms with van der Waals surface area (Å²) in [6.07, 6.45) is 0. The molecule has 0 aromatic heterocycles. The van der Waals surface area contributed by atoms with Gasteiger partial charge in [-0.3, -0.25) is 0 Å². The van der Waals surface area contributed by atoms with Crippen molar-refractivity contribution in [3.05, 3.63) is 52.5 Å². The Morgan fingerprint density at radius 1 is 1.24 bits per heavy atom. The minimum Gasteiger partial charge on any atom is -0.508 e. The Hall–Kier alpha value is -1.98. The summed E-state index contributed by atoms with van der Waals surface area (Å²) < 4.78 is 0. The average molecular weight is 244 g/mol. The Morgan fingerprint density at radius 2 is 2.00 bits per heavy atom. The number of nitriles is 1. The van der Waals surface area contributed by atoms with Crippen molar-refractivity contribution in [2.75, 3.05) is 0 Å². The minimum atomic E-state index is 0.0819. The van der Waals surface area contributed by atoms with E-state index in [2.05, 4.69) is 0 Å². The van der Waals surface area contributed by atoms with Gasteiger partial charge in [0.15, 0.2) is 0 Å². The number of halogens is 1. The zero-order chi connectivity index (χ0) is 12.4. The normalized spacial score (nSPS) is 9.94. The lowest BCUT2D eigenvalue weighted by molar-refractivity contribution is 0.475. The Bertz CT molecular complexity index is 614. The van der Waals surface area contributed by atoms with Crippen LogP contribution in [0.4, 0.5) is 0 Å². The van der Waals surface area contributed by atoms with Gasteiger partial charge in [-0.2, -0.15) is 5.26 Å². The first-order valence-corrected chi connectivity index (χ1v) is 5.49. The van der Waals surface area contributed by atoms with Crippen LogP contribution in [0.25, 0.3) is 11.1 Å². The Morgan fingerprint density at radius 3 is 2.71 bits per heavy atom. The van der Waals surface area contributed by atoms with Gasteiger partial charge >= 0.3 is 0 Å². The maximum atomic E-state index is 9.56.